The maximum Gasteiger partial charge on any atom is 0.134 e. The fourth-order valence-corrected chi connectivity index (χ4v) is 3.20. The Morgan fingerprint density at radius 3 is 2.80 bits per heavy atom. The first kappa shape index (κ1) is 14.0. The lowest BCUT2D eigenvalue weighted by molar-refractivity contribution is 0.417. The highest BCUT2D eigenvalue weighted by molar-refractivity contribution is 5.31. The van der Waals surface area contributed by atoms with Crippen molar-refractivity contribution in [3.63, 3.8) is 0 Å². The maximum atomic E-state index is 4.91. The number of hydrogen-bond donors (Lipinski definition) is 1. The molecular weight excluding hydrogens is 246 g/mol. The molecule has 1 N–H and O–H groups in total. The van der Waals surface area contributed by atoms with Crippen LogP contribution in [0.2, 0.25) is 0 Å². The molecule has 3 heteroatoms. The van der Waals surface area contributed by atoms with Crippen LogP contribution in [-0.2, 0) is 18.3 Å². The van der Waals surface area contributed by atoms with Crippen LogP contribution in [0.3, 0.4) is 0 Å². The van der Waals surface area contributed by atoms with E-state index in [0.717, 1.165) is 37.7 Å². The average molecular weight is 273 g/mol. The van der Waals surface area contributed by atoms with Crippen molar-refractivity contribution in [1.29, 1.82) is 0 Å². The summed E-state index contributed by atoms with van der Waals surface area (Å²) in [5, 5.41) is 3.56. The first-order valence-corrected chi connectivity index (χ1v) is 8.20. The van der Waals surface area contributed by atoms with Gasteiger partial charge in [0.25, 0.3) is 0 Å². The van der Waals surface area contributed by atoms with E-state index in [4.69, 9.17) is 9.97 Å². The Labute approximate surface area is 122 Å². The number of hydrogen-bond acceptors (Lipinski definition) is 3. The Morgan fingerprint density at radius 2 is 2.10 bits per heavy atom. The van der Waals surface area contributed by atoms with E-state index in [0.29, 0.717) is 5.41 Å². The summed E-state index contributed by atoms with van der Waals surface area (Å²) in [6.45, 7) is 8.98. The largest absolute Gasteiger partial charge is 0.316 e. The van der Waals surface area contributed by atoms with Crippen LogP contribution in [0, 0.1) is 12.8 Å². The van der Waals surface area contributed by atoms with Crippen LogP contribution in [0.15, 0.2) is 0 Å². The molecule has 1 saturated carbocycles. The van der Waals surface area contributed by atoms with Gasteiger partial charge in [0.2, 0.25) is 0 Å². The van der Waals surface area contributed by atoms with E-state index in [1.165, 1.54) is 42.6 Å². The highest BCUT2D eigenvalue weighted by Gasteiger charge is 2.42. The second-order valence-corrected chi connectivity index (χ2v) is 6.93. The number of aryl methyl sites for hydroxylation is 2. The van der Waals surface area contributed by atoms with E-state index >= 15 is 0 Å². The Kier molecular flexibility index (Phi) is 3.80. The SMILES string of the molecule is CCCNCC1CCc2nc(C3(C)CC3)nc(C)c2C1. The quantitative estimate of drug-likeness (QED) is 0.838. The van der Waals surface area contributed by atoms with Gasteiger partial charge >= 0.3 is 0 Å². The molecule has 0 aliphatic heterocycles. The molecule has 1 heterocycles. The average Bonchev–Trinajstić information content (AvgIpc) is 3.19. The fourth-order valence-electron chi connectivity index (χ4n) is 3.20. The first-order valence-electron chi connectivity index (χ1n) is 8.20. The minimum absolute atomic E-state index is 0.291. The third kappa shape index (κ3) is 2.73. The minimum atomic E-state index is 0.291. The summed E-state index contributed by atoms with van der Waals surface area (Å²) in [6, 6.07) is 0. The minimum Gasteiger partial charge on any atom is -0.316 e. The summed E-state index contributed by atoms with van der Waals surface area (Å²) in [4.78, 5) is 9.73. The fraction of sp³-hybridized carbons (Fsp3) is 0.765. The zero-order chi connectivity index (χ0) is 14.2. The molecule has 2 aliphatic carbocycles. The Hall–Kier alpha value is -0.960. The molecule has 0 amide bonds. The van der Waals surface area contributed by atoms with Crippen molar-refractivity contribution < 1.29 is 0 Å². The normalized spacial score (nSPS) is 23.4. The molecule has 3 rings (SSSR count). The number of aromatic nitrogens is 2. The van der Waals surface area contributed by atoms with Crippen molar-refractivity contribution in [3.8, 4) is 0 Å². The summed E-state index contributed by atoms with van der Waals surface area (Å²) < 4.78 is 0. The summed E-state index contributed by atoms with van der Waals surface area (Å²) in [5.74, 6) is 1.87. The number of rotatable bonds is 5. The molecule has 1 fully saturated rings. The molecule has 110 valence electrons. The molecule has 20 heavy (non-hydrogen) atoms. The molecule has 0 spiro atoms. The summed E-state index contributed by atoms with van der Waals surface area (Å²) in [6.07, 6.45) is 7.31. The van der Waals surface area contributed by atoms with Gasteiger partial charge in [0.05, 0.1) is 0 Å². The third-order valence-electron chi connectivity index (χ3n) is 4.98. The van der Waals surface area contributed by atoms with Crippen molar-refractivity contribution in [1.82, 2.24) is 15.3 Å². The van der Waals surface area contributed by atoms with E-state index in [2.05, 4.69) is 26.1 Å². The monoisotopic (exact) mass is 273 g/mol. The Bertz CT molecular complexity index is 491. The van der Waals surface area contributed by atoms with Gasteiger partial charge in [0, 0.05) is 16.8 Å². The van der Waals surface area contributed by atoms with Crippen LogP contribution in [0.5, 0.6) is 0 Å². The molecule has 0 aromatic carbocycles. The summed E-state index contributed by atoms with van der Waals surface area (Å²) in [7, 11) is 0. The van der Waals surface area contributed by atoms with E-state index in [9.17, 15) is 0 Å². The van der Waals surface area contributed by atoms with Crippen molar-refractivity contribution in [2.24, 2.45) is 5.92 Å². The van der Waals surface area contributed by atoms with Gasteiger partial charge in [-0.1, -0.05) is 13.8 Å². The molecular formula is C17H27N3. The van der Waals surface area contributed by atoms with Gasteiger partial charge < -0.3 is 5.32 Å². The molecule has 1 aromatic rings. The molecule has 1 atom stereocenters. The zero-order valence-corrected chi connectivity index (χ0v) is 13.1. The van der Waals surface area contributed by atoms with Crippen LogP contribution < -0.4 is 5.32 Å². The highest BCUT2D eigenvalue weighted by atomic mass is 14.9. The second kappa shape index (κ2) is 5.44. The van der Waals surface area contributed by atoms with Crippen molar-refractivity contribution in [2.75, 3.05) is 13.1 Å². The van der Waals surface area contributed by atoms with Gasteiger partial charge in [-0.25, -0.2) is 9.97 Å². The molecule has 2 aliphatic rings. The van der Waals surface area contributed by atoms with Crippen LogP contribution in [0.1, 0.15) is 62.3 Å². The van der Waals surface area contributed by atoms with Crippen molar-refractivity contribution >= 4 is 0 Å². The Morgan fingerprint density at radius 1 is 1.30 bits per heavy atom. The molecule has 1 unspecified atom stereocenters. The van der Waals surface area contributed by atoms with Crippen molar-refractivity contribution in [2.45, 2.75) is 64.7 Å². The lowest BCUT2D eigenvalue weighted by Gasteiger charge is -2.26. The van der Waals surface area contributed by atoms with Gasteiger partial charge in [0.15, 0.2) is 0 Å². The van der Waals surface area contributed by atoms with Crippen LogP contribution in [0.25, 0.3) is 0 Å². The predicted octanol–water partition coefficient (Wildman–Crippen LogP) is 2.94. The van der Waals surface area contributed by atoms with Crippen LogP contribution in [0.4, 0.5) is 0 Å². The maximum absolute atomic E-state index is 4.91. The lowest BCUT2D eigenvalue weighted by atomic mass is 9.85. The third-order valence-corrected chi connectivity index (χ3v) is 4.98. The number of nitrogens with one attached hydrogen (secondary N) is 1. The van der Waals surface area contributed by atoms with E-state index < -0.39 is 0 Å². The van der Waals surface area contributed by atoms with Gasteiger partial charge in [-0.15, -0.1) is 0 Å². The Balaban J connectivity index is 1.73. The second-order valence-electron chi connectivity index (χ2n) is 6.93. The number of nitrogens with zero attached hydrogens (tertiary/aromatic N) is 2. The van der Waals surface area contributed by atoms with Crippen LogP contribution >= 0.6 is 0 Å². The lowest BCUT2D eigenvalue weighted by Crippen LogP contribution is -2.29. The zero-order valence-electron chi connectivity index (χ0n) is 13.1. The smallest absolute Gasteiger partial charge is 0.134 e. The molecule has 0 radical (unpaired) electrons. The summed E-state index contributed by atoms with van der Waals surface area (Å²) in [5.41, 5.74) is 4.30. The predicted molar refractivity (Wildman–Crippen MR) is 82.0 cm³/mol. The van der Waals surface area contributed by atoms with Crippen LogP contribution in [-0.4, -0.2) is 23.1 Å². The van der Waals surface area contributed by atoms with Crippen molar-refractivity contribution in [3.05, 3.63) is 22.8 Å². The molecule has 1 aromatic heterocycles. The standard InChI is InChI=1S/C17H27N3/c1-4-9-18-11-13-5-6-15-14(10-13)12(2)19-16(20-15)17(3)7-8-17/h13,18H,4-11H2,1-3H3. The van der Waals surface area contributed by atoms with Gasteiger partial charge in [-0.2, -0.15) is 0 Å². The molecule has 0 bridgehead atoms. The van der Waals surface area contributed by atoms with Gasteiger partial charge in [0.1, 0.15) is 5.82 Å². The highest BCUT2D eigenvalue weighted by Crippen LogP contribution is 2.46. The van der Waals surface area contributed by atoms with E-state index in [1.807, 2.05) is 0 Å². The molecule has 3 nitrogen and oxygen atoms in total. The first-order chi connectivity index (χ1) is 9.62. The summed E-state index contributed by atoms with van der Waals surface area (Å²) >= 11 is 0. The molecule has 0 saturated heterocycles. The van der Waals surface area contributed by atoms with Gasteiger partial charge in [-0.3, -0.25) is 0 Å². The van der Waals surface area contributed by atoms with E-state index in [-0.39, 0.29) is 0 Å². The number of fused-ring (bicyclic) bond motifs is 1. The topological polar surface area (TPSA) is 37.8 Å². The van der Waals surface area contributed by atoms with E-state index in [1.54, 1.807) is 0 Å². The van der Waals surface area contributed by atoms with Gasteiger partial charge in [-0.05, 0) is 70.0 Å².